The normalized spacial score (nSPS) is 13.1. The van der Waals surface area contributed by atoms with E-state index in [1.165, 1.54) is 23.3 Å². The van der Waals surface area contributed by atoms with Crippen LogP contribution in [-0.2, 0) is 6.42 Å². The highest BCUT2D eigenvalue weighted by Gasteiger charge is 2.10. The van der Waals surface area contributed by atoms with E-state index in [-0.39, 0.29) is 0 Å². The van der Waals surface area contributed by atoms with E-state index in [0.29, 0.717) is 6.04 Å². The van der Waals surface area contributed by atoms with Gasteiger partial charge in [-0.3, -0.25) is 0 Å². The molecule has 1 aromatic carbocycles. The number of nitrogens with one attached hydrogen (secondary N) is 1. The summed E-state index contributed by atoms with van der Waals surface area (Å²) in [5.41, 5.74) is 2.87. The van der Waals surface area contributed by atoms with Gasteiger partial charge in [0.15, 0.2) is 0 Å². The summed E-state index contributed by atoms with van der Waals surface area (Å²) in [6, 6.07) is 9.67. The van der Waals surface area contributed by atoms with Crippen LogP contribution in [0.5, 0.6) is 0 Å². The van der Waals surface area contributed by atoms with Crippen LogP contribution in [0.2, 0.25) is 0 Å². The van der Waals surface area contributed by atoms with Crippen molar-refractivity contribution in [2.75, 3.05) is 38.7 Å². The summed E-state index contributed by atoms with van der Waals surface area (Å²) in [4.78, 5) is 2.25. The summed E-state index contributed by atoms with van der Waals surface area (Å²) >= 11 is 2.04. The fourth-order valence-electron chi connectivity index (χ4n) is 2.33. The molecule has 0 saturated carbocycles. The van der Waals surface area contributed by atoms with E-state index in [1.807, 2.05) is 11.8 Å². The standard InChI is InChI=1S/C18H32N2S/c1-6-19-18(14-21-12-11-20(4)5)17-9-7-16(8-10-17)13-15(2)3/h7-10,15,18-19H,6,11-14H2,1-5H3. The Hall–Kier alpha value is -0.510. The Morgan fingerprint density at radius 3 is 2.33 bits per heavy atom. The van der Waals surface area contributed by atoms with E-state index in [4.69, 9.17) is 0 Å². The van der Waals surface area contributed by atoms with Gasteiger partial charge in [0.1, 0.15) is 0 Å². The van der Waals surface area contributed by atoms with Crippen LogP contribution in [-0.4, -0.2) is 43.6 Å². The largest absolute Gasteiger partial charge is 0.310 e. The van der Waals surface area contributed by atoms with Crippen molar-refractivity contribution in [3.63, 3.8) is 0 Å². The van der Waals surface area contributed by atoms with Crippen molar-refractivity contribution in [1.29, 1.82) is 0 Å². The minimum absolute atomic E-state index is 0.468. The highest BCUT2D eigenvalue weighted by atomic mass is 32.2. The van der Waals surface area contributed by atoms with Gasteiger partial charge >= 0.3 is 0 Å². The first-order valence-electron chi connectivity index (χ1n) is 8.07. The SMILES string of the molecule is CCNC(CSCCN(C)C)c1ccc(CC(C)C)cc1. The van der Waals surface area contributed by atoms with E-state index in [9.17, 15) is 0 Å². The fraction of sp³-hybridized carbons (Fsp3) is 0.667. The van der Waals surface area contributed by atoms with Gasteiger partial charge in [0.25, 0.3) is 0 Å². The number of benzene rings is 1. The highest BCUT2D eigenvalue weighted by Crippen LogP contribution is 2.20. The number of thioether (sulfide) groups is 1. The average Bonchev–Trinajstić information content (AvgIpc) is 2.42. The first kappa shape index (κ1) is 18.5. The molecule has 0 saturated heterocycles. The topological polar surface area (TPSA) is 15.3 Å². The second-order valence-corrected chi connectivity index (χ2v) is 7.48. The van der Waals surface area contributed by atoms with Gasteiger partial charge < -0.3 is 10.2 Å². The fourth-order valence-corrected chi connectivity index (χ4v) is 3.53. The van der Waals surface area contributed by atoms with Crippen LogP contribution in [0.3, 0.4) is 0 Å². The Morgan fingerprint density at radius 2 is 1.81 bits per heavy atom. The number of rotatable bonds is 10. The van der Waals surface area contributed by atoms with Crippen LogP contribution >= 0.6 is 11.8 Å². The molecular weight excluding hydrogens is 276 g/mol. The number of hydrogen-bond donors (Lipinski definition) is 1. The average molecular weight is 309 g/mol. The zero-order chi connectivity index (χ0) is 15.7. The molecule has 0 aliphatic heterocycles. The lowest BCUT2D eigenvalue weighted by Gasteiger charge is -2.19. The van der Waals surface area contributed by atoms with Crippen molar-refractivity contribution in [2.45, 2.75) is 33.2 Å². The predicted octanol–water partition coefficient (Wildman–Crippen LogP) is 3.83. The maximum absolute atomic E-state index is 3.61. The Labute approximate surface area is 135 Å². The first-order valence-corrected chi connectivity index (χ1v) is 9.23. The Bertz CT molecular complexity index is 373. The third kappa shape index (κ3) is 7.89. The van der Waals surface area contributed by atoms with E-state index in [2.05, 4.69) is 69.3 Å². The second kappa shape index (κ2) is 10.3. The lowest BCUT2D eigenvalue weighted by molar-refractivity contribution is 0.437. The molecule has 0 amide bonds. The molecular formula is C18H32N2S. The second-order valence-electron chi connectivity index (χ2n) is 6.33. The molecule has 0 aliphatic carbocycles. The maximum Gasteiger partial charge on any atom is 0.0411 e. The molecule has 3 heteroatoms. The quantitative estimate of drug-likeness (QED) is 0.661. The Balaban J connectivity index is 2.54. The molecule has 1 unspecified atom stereocenters. The zero-order valence-corrected chi connectivity index (χ0v) is 15.2. The number of nitrogens with zero attached hydrogens (tertiary/aromatic N) is 1. The molecule has 0 bridgehead atoms. The molecule has 0 fully saturated rings. The third-order valence-electron chi connectivity index (χ3n) is 3.44. The van der Waals surface area contributed by atoms with Gasteiger partial charge in [0.05, 0.1) is 0 Å². The van der Waals surface area contributed by atoms with Gasteiger partial charge in [-0.1, -0.05) is 45.0 Å². The molecule has 0 spiro atoms. The monoisotopic (exact) mass is 308 g/mol. The van der Waals surface area contributed by atoms with E-state index in [0.717, 1.165) is 24.8 Å². The molecule has 0 radical (unpaired) electrons. The Kier molecular flexibility index (Phi) is 9.05. The maximum atomic E-state index is 3.61. The molecule has 2 nitrogen and oxygen atoms in total. The molecule has 0 heterocycles. The molecule has 1 N–H and O–H groups in total. The highest BCUT2D eigenvalue weighted by molar-refractivity contribution is 7.99. The van der Waals surface area contributed by atoms with Crippen LogP contribution < -0.4 is 5.32 Å². The van der Waals surface area contributed by atoms with Gasteiger partial charge in [0.2, 0.25) is 0 Å². The van der Waals surface area contributed by atoms with Crippen molar-refractivity contribution in [2.24, 2.45) is 5.92 Å². The molecule has 120 valence electrons. The van der Waals surface area contributed by atoms with Crippen molar-refractivity contribution in [1.82, 2.24) is 10.2 Å². The molecule has 1 atom stereocenters. The van der Waals surface area contributed by atoms with Gasteiger partial charge in [0, 0.05) is 24.1 Å². The van der Waals surface area contributed by atoms with Crippen molar-refractivity contribution in [3.05, 3.63) is 35.4 Å². The van der Waals surface area contributed by atoms with Crippen LogP contribution in [0.15, 0.2) is 24.3 Å². The van der Waals surface area contributed by atoms with Gasteiger partial charge in [-0.05, 0) is 44.1 Å². The van der Waals surface area contributed by atoms with Crippen molar-refractivity contribution >= 4 is 11.8 Å². The summed E-state index contributed by atoms with van der Waals surface area (Å²) in [6.45, 7) is 8.90. The first-order chi connectivity index (χ1) is 10.0. The third-order valence-corrected chi connectivity index (χ3v) is 4.48. The summed E-state index contributed by atoms with van der Waals surface area (Å²) in [5.74, 6) is 3.06. The van der Waals surface area contributed by atoms with Gasteiger partial charge in [-0.2, -0.15) is 11.8 Å². The van der Waals surface area contributed by atoms with Gasteiger partial charge in [-0.25, -0.2) is 0 Å². The Morgan fingerprint density at radius 1 is 1.14 bits per heavy atom. The van der Waals surface area contributed by atoms with Crippen LogP contribution in [0.25, 0.3) is 0 Å². The summed E-state index contributed by atoms with van der Waals surface area (Å²) in [6.07, 6.45) is 1.17. The minimum atomic E-state index is 0.468. The number of hydrogen-bond acceptors (Lipinski definition) is 3. The van der Waals surface area contributed by atoms with Gasteiger partial charge in [-0.15, -0.1) is 0 Å². The van der Waals surface area contributed by atoms with Crippen LogP contribution in [0.1, 0.15) is 37.9 Å². The summed E-state index contributed by atoms with van der Waals surface area (Å²) in [7, 11) is 4.27. The zero-order valence-electron chi connectivity index (χ0n) is 14.4. The van der Waals surface area contributed by atoms with Crippen LogP contribution in [0.4, 0.5) is 0 Å². The molecule has 0 aliphatic rings. The predicted molar refractivity (Wildman–Crippen MR) is 97.3 cm³/mol. The lowest BCUT2D eigenvalue weighted by atomic mass is 10.00. The summed E-state index contributed by atoms with van der Waals surface area (Å²) < 4.78 is 0. The van der Waals surface area contributed by atoms with Crippen LogP contribution in [0, 0.1) is 5.92 Å². The van der Waals surface area contributed by atoms with E-state index >= 15 is 0 Å². The van der Waals surface area contributed by atoms with E-state index < -0.39 is 0 Å². The lowest BCUT2D eigenvalue weighted by Crippen LogP contribution is -2.24. The van der Waals surface area contributed by atoms with E-state index in [1.54, 1.807) is 0 Å². The van der Waals surface area contributed by atoms with Crippen molar-refractivity contribution in [3.8, 4) is 0 Å². The smallest absolute Gasteiger partial charge is 0.0411 e. The van der Waals surface area contributed by atoms with Crippen molar-refractivity contribution < 1.29 is 0 Å². The molecule has 0 aromatic heterocycles. The molecule has 21 heavy (non-hydrogen) atoms. The summed E-state index contributed by atoms with van der Waals surface area (Å²) in [5, 5.41) is 3.61. The minimum Gasteiger partial charge on any atom is -0.310 e. The molecule has 1 aromatic rings. The molecule has 1 rings (SSSR count).